The third-order valence-electron chi connectivity index (χ3n) is 4.28. The molecule has 0 bridgehead atoms. The van der Waals surface area contributed by atoms with Gasteiger partial charge in [-0.3, -0.25) is 4.98 Å². The summed E-state index contributed by atoms with van der Waals surface area (Å²) >= 11 is 0. The van der Waals surface area contributed by atoms with Crippen LogP contribution in [0.15, 0.2) is 18.3 Å². The molecule has 2 rings (SSSR count). The van der Waals surface area contributed by atoms with Crippen molar-refractivity contribution in [3.63, 3.8) is 0 Å². The Bertz CT molecular complexity index is 533. The first-order valence-electron chi connectivity index (χ1n) is 7.20. The number of hydrogen-bond acceptors (Lipinski definition) is 3. The molecule has 0 aliphatic heterocycles. The van der Waals surface area contributed by atoms with Gasteiger partial charge in [0.2, 0.25) is 0 Å². The number of carbonyl (C=O) groups excluding carboxylic acids is 1. The molecule has 3 N–H and O–H groups in total. The predicted octanol–water partition coefficient (Wildman–Crippen LogP) is 2.01. The number of hydrogen-bond donors (Lipinski definition) is 3. The van der Waals surface area contributed by atoms with Crippen molar-refractivity contribution in [2.45, 2.75) is 39.3 Å². The Morgan fingerprint density at radius 1 is 1.38 bits per heavy atom. The molecule has 0 radical (unpaired) electrons. The number of urea groups is 1. The van der Waals surface area contributed by atoms with Crippen LogP contribution in [-0.2, 0) is 6.54 Å². The van der Waals surface area contributed by atoms with E-state index in [4.69, 9.17) is 5.11 Å². The molecule has 1 aromatic heterocycles. The van der Waals surface area contributed by atoms with Crippen molar-refractivity contribution in [3.8, 4) is 0 Å². The van der Waals surface area contributed by atoms with Crippen molar-refractivity contribution >= 4 is 12.0 Å². The minimum Gasteiger partial charge on any atom is -0.478 e. The van der Waals surface area contributed by atoms with Crippen LogP contribution in [0.3, 0.4) is 0 Å². The Hall–Kier alpha value is -2.11. The summed E-state index contributed by atoms with van der Waals surface area (Å²) in [5.74, 6) is 0.102. The molecule has 1 aliphatic rings. The second kappa shape index (κ2) is 6.56. The fraction of sp³-hybridized carbons (Fsp3) is 0.533. The van der Waals surface area contributed by atoms with E-state index < -0.39 is 5.97 Å². The summed E-state index contributed by atoms with van der Waals surface area (Å²) in [6.07, 6.45) is 3.57. The Labute approximate surface area is 124 Å². The Morgan fingerprint density at radius 2 is 2.14 bits per heavy atom. The van der Waals surface area contributed by atoms with Gasteiger partial charge in [-0.15, -0.1) is 0 Å². The van der Waals surface area contributed by atoms with Crippen molar-refractivity contribution in [1.29, 1.82) is 0 Å². The summed E-state index contributed by atoms with van der Waals surface area (Å²) in [6, 6.07) is 2.86. The molecule has 1 fully saturated rings. The van der Waals surface area contributed by atoms with Gasteiger partial charge in [-0.05, 0) is 36.8 Å². The summed E-state index contributed by atoms with van der Waals surface area (Å²) in [7, 11) is 0. The Kier molecular flexibility index (Phi) is 4.77. The van der Waals surface area contributed by atoms with Crippen molar-refractivity contribution in [2.24, 2.45) is 11.8 Å². The number of nitrogens with zero attached hydrogens (tertiary/aromatic N) is 1. The highest BCUT2D eigenvalue weighted by Gasteiger charge is 2.30. The topological polar surface area (TPSA) is 91.3 Å². The summed E-state index contributed by atoms with van der Waals surface area (Å²) < 4.78 is 0. The van der Waals surface area contributed by atoms with Crippen LogP contribution in [0.25, 0.3) is 0 Å². The van der Waals surface area contributed by atoms with Gasteiger partial charge in [-0.25, -0.2) is 9.59 Å². The van der Waals surface area contributed by atoms with Crippen molar-refractivity contribution < 1.29 is 14.7 Å². The number of nitrogens with one attached hydrogen (secondary N) is 2. The summed E-state index contributed by atoms with van der Waals surface area (Å²) in [5, 5.41) is 14.6. The third-order valence-corrected chi connectivity index (χ3v) is 4.28. The smallest absolute Gasteiger partial charge is 0.335 e. The molecule has 1 aliphatic carbocycles. The highest BCUT2D eigenvalue weighted by Crippen LogP contribution is 2.30. The minimum absolute atomic E-state index is 0.167. The molecule has 21 heavy (non-hydrogen) atoms. The van der Waals surface area contributed by atoms with Gasteiger partial charge < -0.3 is 15.7 Å². The van der Waals surface area contributed by atoms with Crippen molar-refractivity contribution in [3.05, 3.63) is 29.6 Å². The van der Waals surface area contributed by atoms with E-state index in [0.717, 1.165) is 12.8 Å². The van der Waals surface area contributed by atoms with Crippen molar-refractivity contribution in [1.82, 2.24) is 15.6 Å². The standard InChI is InChI=1S/C15H21N3O3/c1-9-3-4-13(10(9)2)18-15(21)17-8-12-7-11(14(19)20)5-6-16-12/h5-7,9-10,13H,3-4,8H2,1-2H3,(H,19,20)(H2,17,18,21). The molecule has 2 amide bonds. The largest absolute Gasteiger partial charge is 0.478 e. The van der Waals surface area contributed by atoms with Gasteiger partial charge in [-0.2, -0.15) is 0 Å². The maximum atomic E-state index is 11.9. The number of amides is 2. The first kappa shape index (κ1) is 15.3. The van der Waals surface area contributed by atoms with E-state index in [-0.39, 0.29) is 24.2 Å². The Balaban J connectivity index is 1.84. The van der Waals surface area contributed by atoms with Gasteiger partial charge in [0.25, 0.3) is 0 Å². The molecule has 1 aromatic rings. The highest BCUT2D eigenvalue weighted by atomic mass is 16.4. The fourth-order valence-corrected chi connectivity index (χ4v) is 2.67. The number of rotatable bonds is 4. The molecule has 0 saturated heterocycles. The lowest BCUT2D eigenvalue weighted by Crippen LogP contribution is -2.43. The lowest BCUT2D eigenvalue weighted by Gasteiger charge is -2.19. The van der Waals surface area contributed by atoms with E-state index in [1.165, 1.54) is 18.3 Å². The number of aromatic nitrogens is 1. The maximum Gasteiger partial charge on any atom is 0.335 e. The Morgan fingerprint density at radius 3 is 2.76 bits per heavy atom. The van der Waals surface area contributed by atoms with Gasteiger partial charge in [0, 0.05) is 12.2 Å². The zero-order valence-corrected chi connectivity index (χ0v) is 12.3. The third kappa shape index (κ3) is 3.93. The highest BCUT2D eigenvalue weighted by molar-refractivity contribution is 5.87. The molecule has 0 aromatic carbocycles. The number of carboxylic acid groups (broad SMARTS) is 1. The van der Waals surface area contributed by atoms with Gasteiger partial charge in [0.1, 0.15) is 0 Å². The lowest BCUT2D eigenvalue weighted by molar-refractivity contribution is 0.0696. The number of carboxylic acids is 1. The van der Waals surface area contributed by atoms with Gasteiger partial charge in [0.05, 0.1) is 17.8 Å². The average Bonchev–Trinajstić information content (AvgIpc) is 2.77. The van der Waals surface area contributed by atoms with Crippen LogP contribution in [0, 0.1) is 11.8 Å². The van der Waals surface area contributed by atoms with E-state index in [0.29, 0.717) is 17.5 Å². The van der Waals surface area contributed by atoms with E-state index >= 15 is 0 Å². The fourth-order valence-electron chi connectivity index (χ4n) is 2.67. The monoisotopic (exact) mass is 291 g/mol. The second-order valence-electron chi connectivity index (χ2n) is 5.69. The second-order valence-corrected chi connectivity index (χ2v) is 5.69. The molecule has 6 heteroatoms. The van der Waals surface area contributed by atoms with E-state index in [9.17, 15) is 9.59 Å². The molecule has 1 saturated carbocycles. The van der Waals surface area contributed by atoms with Crippen LogP contribution in [0.5, 0.6) is 0 Å². The molecule has 0 spiro atoms. The predicted molar refractivity (Wildman–Crippen MR) is 77.9 cm³/mol. The SMILES string of the molecule is CC1CCC(NC(=O)NCc2cc(C(=O)O)ccn2)C1C. The molecular weight excluding hydrogens is 270 g/mol. The summed E-state index contributed by atoms with van der Waals surface area (Å²) in [4.78, 5) is 26.8. The molecular formula is C15H21N3O3. The molecule has 3 unspecified atom stereocenters. The first-order valence-corrected chi connectivity index (χ1v) is 7.20. The number of carbonyl (C=O) groups is 2. The molecule has 114 valence electrons. The van der Waals surface area contributed by atoms with Crippen LogP contribution >= 0.6 is 0 Å². The molecule has 3 atom stereocenters. The normalized spacial score (nSPS) is 24.6. The minimum atomic E-state index is -1.00. The lowest BCUT2D eigenvalue weighted by atomic mass is 9.98. The van der Waals surface area contributed by atoms with Gasteiger partial charge >= 0.3 is 12.0 Å². The molecule has 6 nitrogen and oxygen atoms in total. The van der Waals surface area contributed by atoms with Crippen LogP contribution in [0.1, 0.15) is 42.7 Å². The van der Waals surface area contributed by atoms with Crippen LogP contribution < -0.4 is 10.6 Å². The number of pyridine rings is 1. The zero-order chi connectivity index (χ0) is 15.4. The van der Waals surface area contributed by atoms with Crippen LogP contribution in [0.2, 0.25) is 0 Å². The van der Waals surface area contributed by atoms with E-state index in [1.54, 1.807) is 0 Å². The zero-order valence-electron chi connectivity index (χ0n) is 12.3. The van der Waals surface area contributed by atoms with Crippen LogP contribution in [-0.4, -0.2) is 28.1 Å². The van der Waals surface area contributed by atoms with Gasteiger partial charge in [0.15, 0.2) is 0 Å². The number of aromatic carboxylic acids is 1. The van der Waals surface area contributed by atoms with Crippen LogP contribution in [0.4, 0.5) is 4.79 Å². The molecule has 1 heterocycles. The first-order chi connectivity index (χ1) is 9.97. The van der Waals surface area contributed by atoms with E-state index in [2.05, 4.69) is 29.5 Å². The average molecular weight is 291 g/mol. The quantitative estimate of drug-likeness (QED) is 0.791. The summed E-state index contributed by atoms with van der Waals surface area (Å²) in [6.45, 7) is 4.57. The maximum absolute atomic E-state index is 11.9. The summed E-state index contributed by atoms with van der Waals surface area (Å²) in [5.41, 5.74) is 0.693. The van der Waals surface area contributed by atoms with Crippen molar-refractivity contribution in [2.75, 3.05) is 0 Å². The van der Waals surface area contributed by atoms with Gasteiger partial charge in [-0.1, -0.05) is 13.8 Å². The van der Waals surface area contributed by atoms with E-state index in [1.807, 2.05) is 0 Å².